The van der Waals surface area contributed by atoms with Crippen molar-refractivity contribution >= 4 is 5.97 Å². The van der Waals surface area contributed by atoms with Gasteiger partial charge in [-0.2, -0.15) is 0 Å². The van der Waals surface area contributed by atoms with Gasteiger partial charge in [-0.1, -0.05) is 27.2 Å². The summed E-state index contributed by atoms with van der Waals surface area (Å²) in [6, 6.07) is 0. The minimum absolute atomic E-state index is 0.0971. The number of fused-ring (bicyclic) bond motifs is 5. The molecular formula is C24H40O3. The maximum Gasteiger partial charge on any atom is 0.303 e. The number of carboxylic acids is 1. The van der Waals surface area contributed by atoms with Crippen molar-refractivity contribution in [2.45, 2.75) is 97.5 Å². The zero-order valence-corrected chi connectivity index (χ0v) is 17.6. The first-order valence-electron chi connectivity index (χ1n) is 11.7. The van der Waals surface area contributed by atoms with Gasteiger partial charge < -0.3 is 10.2 Å². The topological polar surface area (TPSA) is 57.5 Å². The molecule has 1 unspecified atom stereocenters. The Morgan fingerprint density at radius 3 is 2.56 bits per heavy atom. The molecule has 3 nitrogen and oxygen atoms in total. The lowest BCUT2D eigenvalue weighted by Gasteiger charge is -2.62. The first kappa shape index (κ1) is 19.7. The maximum atomic E-state index is 11.0. The maximum absolute atomic E-state index is 11.0. The number of aliphatic hydroxyl groups is 1. The molecular weight excluding hydrogens is 336 g/mol. The Morgan fingerprint density at radius 1 is 1.04 bits per heavy atom. The molecule has 4 saturated carbocycles. The van der Waals surface area contributed by atoms with Crippen LogP contribution >= 0.6 is 0 Å². The monoisotopic (exact) mass is 376 g/mol. The van der Waals surface area contributed by atoms with E-state index in [0.717, 1.165) is 30.6 Å². The van der Waals surface area contributed by atoms with E-state index in [9.17, 15) is 9.90 Å². The van der Waals surface area contributed by atoms with Gasteiger partial charge in [0.1, 0.15) is 0 Å². The van der Waals surface area contributed by atoms with Crippen LogP contribution in [-0.2, 0) is 4.79 Å². The van der Waals surface area contributed by atoms with Crippen LogP contribution in [0, 0.1) is 46.3 Å². The molecule has 4 fully saturated rings. The van der Waals surface area contributed by atoms with Gasteiger partial charge in [0, 0.05) is 6.42 Å². The summed E-state index contributed by atoms with van der Waals surface area (Å²) in [5, 5.41) is 20.1. The summed E-state index contributed by atoms with van der Waals surface area (Å²) >= 11 is 0. The summed E-state index contributed by atoms with van der Waals surface area (Å²) in [6.45, 7) is 7.27. The second kappa shape index (κ2) is 7.04. The first-order chi connectivity index (χ1) is 12.8. The lowest BCUT2D eigenvalue weighted by atomic mass is 9.44. The average Bonchev–Trinajstić information content (AvgIpc) is 2.98. The van der Waals surface area contributed by atoms with Crippen LogP contribution < -0.4 is 0 Å². The van der Waals surface area contributed by atoms with Gasteiger partial charge in [-0.3, -0.25) is 4.79 Å². The number of hydrogen-bond donors (Lipinski definition) is 2. The molecule has 2 N–H and O–H groups in total. The van der Waals surface area contributed by atoms with Crippen molar-refractivity contribution in [3.8, 4) is 0 Å². The quantitative estimate of drug-likeness (QED) is 0.680. The van der Waals surface area contributed by atoms with Gasteiger partial charge in [-0.05, 0) is 104 Å². The number of carbonyl (C=O) groups is 1. The fourth-order valence-electron chi connectivity index (χ4n) is 8.84. The standard InChI is InChI=1S/C24H40O3/c1-15(7-12-22(26)27)18-10-11-19-17-9-8-16-5-4-6-21(25)24(16,3)20(17)13-14-23(18,19)2/h15-21,25H,4-14H2,1-3H3,(H,26,27)/t15-,16-,17+,18-,19+,20+,21?,23-,24+/m1/s1. The van der Waals surface area contributed by atoms with Crippen molar-refractivity contribution in [2.75, 3.05) is 0 Å². The molecule has 3 heteroatoms. The van der Waals surface area contributed by atoms with E-state index in [0.29, 0.717) is 29.6 Å². The number of hydrogen-bond acceptors (Lipinski definition) is 2. The highest BCUT2D eigenvalue weighted by molar-refractivity contribution is 5.66. The smallest absolute Gasteiger partial charge is 0.303 e. The predicted octanol–water partition coefficient (Wildman–Crippen LogP) is 5.51. The molecule has 4 aliphatic carbocycles. The summed E-state index contributed by atoms with van der Waals surface area (Å²) in [5.74, 6) is 3.57. The van der Waals surface area contributed by atoms with Crippen LogP contribution in [0.15, 0.2) is 0 Å². The SMILES string of the molecule is C[C@H](CCC(=O)O)[C@H]1CC[C@H]2[C@@H]3CC[C@H]4CCCC(O)[C@]4(C)[C@H]3CC[C@]12C. The van der Waals surface area contributed by atoms with Gasteiger partial charge in [0.25, 0.3) is 0 Å². The fourth-order valence-corrected chi connectivity index (χ4v) is 8.84. The van der Waals surface area contributed by atoms with E-state index in [-0.39, 0.29) is 11.5 Å². The van der Waals surface area contributed by atoms with Crippen molar-refractivity contribution in [2.24, 2.45) is 46.3 Å². The summed E-state index contributed by atoms with van der Waals surface area (Å²) in [6.07, 6.45) is 12.5. The molecule has 0 aromatic carbocycles. The van der Waals surface area contributed by atoms with Crippen molar-refractivity contribution in [1.29, 1.82) is 0 Å². The molecule has 0 heterocycles. The highest BCUT2D eigenvalue weighted by Crippen LogP contribution is 2.68. The highest BCUT2D eigenvalue weighted by Gasteiger charge is 2.61. The average molecular weight is 377 g/mol. The first-order valence-corrected chi connectivity index (χ1v) is 11.7. The van der Waals surface area contributed by atoms with Crippen molar-refractivity contribution in [1.82, 2.24) is 0 Å². The molecule has 0 bridgehead atoms. The van der Waals surface area contributed by atoms with Gasteiger partial charge in [0.05, 0.1) is 6.10 Å². The summed E-state index contributed by atoms with van der Waals surface area (Å²) in [4.78, 5) is 11.0. The van der Waals surface area contributed by atoms with E-state index in [1.807, 2.05) is 0 Å². The molecule has 9 atom stereocenters. The number of aliphatic carboxylic acids is 1. The third-order valence-corrected chi connectivity index (χ3v) is 10.3. The Morgan fingerprint density at radius 2 is 1.81 bits per heavy atom. The molecule has 0 aromatic heterocycles. The molecule has 154 valence electrons. The Bertz CT molecular complexity index is 574. The van der Waals surface area contributed by atoms with E-state index in [1.54, 1.807) is 0 Å². The minimum Gasteiger partial charge on any atom is -0.481 e. The normalized spacial score (nSPS) is 50.4. The van der Waals surface area contributed by atoms with Gasteiger partial charge >= 0.3 is 5.97 Å². The van der Waals surface area contributed by atoms with Crippen LogP contribution in [0.2, 0.25) is 0 Å². The van der Waals surface area contributed by atoms with Crippen LogP contribution in [-0.4, -0.2) is 22.3 Å². The molecule has 0 aliphatic heterocycles. The lowest BCUT2D eigenvalue weighted by molar-refractivity contribution is -0.164. The third-order valence-electron chi connectivity index (χ3n) is 10.3. The van der Waals surface area contributed by atoms with Crippen molar-refractivity contribution in [3.63, 3.8) is 0 Å². The molecule has 0 amide bonds. The Kier molecular flexibility index (Phi) is 5.15. The van der Waals surface area contributed by atoms with Gasteiger partial charge in [-0.15, -0.1) is 0 Å². The zero-order valence-electron chi connectivity index (χ0n) is 17.6. The van der Waals surface area contributed by atoms with E-state index in [4.69, 9.17) is 5.11 Å². The zero-order chi connectivity index (χ0) is 19.4. The van der Waals surface area contributed by atoms with Crippen molar-refractivity contribution < 1.29 is 15.0 Å². The van der Waals surface area contributed by atoms with Crippen LogP contribution in [0.5, 0.6) is 0 Å². The van der Waals surface area contributed by atoms with E-state index in [2.05, 4.69) is 20.8 Å². The minimum atomic E-state index is -0.650. The van der Waals surface area contributed by atoms with Crippen molar-refractivity contribution in [3.05, 3.63) is 0 Å². The van der Waals surface area contributed by atoms with Crippen LogP contribution in [0.3, 0.4) is 0 Å². The number of carboxylic acid groups (broad SMARTS) is 1. The Hall–Kier alpha value is -0.570. The Balaban J connectivity index is 1.54. The second-order valence-electron chi connectivity index (χ2n) is 11.1. The van der Waals surface area contributed by atoms with Crippen LogP contribution in [0.4, 0.5) is 0 Å². The third kappa shape index (κ3) is 2.98. The Labute approximate surface area is 165 Å². The van der Waals surface area contributed by atoms with Gasteiger partial charge in [-0.25, -0.2) is 0 Å². The summed E-state index contributed by atoms with van der Waals surface area (Å²) < 4.78 is 0. The lowest BCUT2D eigenvalue weighted by Crippen LogP contribution is -2.57. The summed E-state index contributed by atoms with van der Waals surface area (Å²) in [7, 11) is 0. The molecule has 0 aromatic rings. The molecule has 27 heavy (non-hydrogen) atoms. The number of rotatable bonds is 4. The van der Waals surface area contributed by atoms with E-state index >= 15 is 0 Å². The predicted molar refractivity (Wildman–Crippen MR) is 107 cm³/mol. The molecule has 4 rings (SSSR count). The second-order valence-corrected chi connectivity index (χ2v) is 11.1. The molecule has 0 spiro atoms. The molecule has 0 radical (unpaired) electrons. The fraction of sp³-hybridized carbons (Fsp3) is 0.958. The largest absolute Gasteiger partial charge is 0.481 e. The van der Waals surface area contributed by atoms with E-state index < -0.39 is 5.97 Å². The molecule has 4 aliphatic rings. The van der Waals surface area contributed by atoms with E-state index in [1.165, 1.54) is 51.4 Å². The number of aliphatic hydroxyl groups excluding tert-OH is 1. The highest BCUT2D eigenvalue weighted by atomic mass is 16.4. The summed E-state index contributed by atoms with van der Waals surface area (Å²) in [5.41, 5.74) is 0.539. The molecule has 0 saturated heterocycles. The van der Waals surface area contributed by atoms with Gasteiger partial charge in [0.2, 0.25) is 0 Å². The van der Waals surface area contributed by atoms with Crippen LogP contribution in [0.25, 0.3) is 0 Å². The van der Waals surface area contributed by atoms with Crippen LogP contribution in [0.1, 0.15) is 91.4 Å². The van der Waals surface area contributed by atoms with Gasteiger partial charge in [0.15, 0.2) is 0 Å².